The molecule has 0 rings (SSSR count). The highest BCUT2D eigenvalue weighted by atomic mass is 16.5. The summed E-state index contributed by atoms with van der Waals surface area (Å²) < 4.78 is 10.2. The first-order valence-corrected chi connectivity index (χ1v) is 4.14. The van der Waals surface area contributed by atoms with Gasteiger partial charge in [-0.1, -0.05) is 0 Å². The molecular weight excluding hydrogens is 156 g/mol. The van der Waals surface area contributed by atoms with Crippen molar-refractivity contribution >= 4 is 0 Å². The Kier molecular flexibility index (Phi) is 7.39. The van der Waals surface area contributed by atoms with E-state index in [-0.39, 0.29) is 0 Å². The Balaban J connectivity index is 3.33. The van der Waals surface area contributed by atoms with E-state index in [1.54, 1.807) is 7.11 Å². The minimum Gasteiger partial charge on any atom is -0.369 e. The third kappa shape index (κ3) is 6.54. The molecule has 74 valence electrons. The van der Waals surface area contributed by atoms with E-state index < -0.39 is 0 Å². The second kappa shape index (κ2) is 7.49. The SMILES string of the molecule is CCOCN(C)CN(C)COC. The maximum absolute atomic E-state index is 5.23. The standard InChI is InChI=1S/C8H20N2O2/c1-5-12-8-10(3)6-9(2)7-11-4/h5-8H2,1-4H3. The Morgan fingerprint density at radius 2 is 1.67 bits per heavy atom. The van der Waals surface area contributed by atoms with Gasteiger partial charge in [-0.05, 0) is 21.0 Å². The summed E-state index contributed by atoms with van der Waals surface area (Å²) in [5.41, 5.74) is 0. The van der Waals surface area contributed by atoms with E-state index in [9.17, 15) is 0 Å². The van der Waals surface area contributed by atoms with Crippen LogP contribution < -0.4 is 0 Å². The number of nitrogens with zero attached hydrogens (tertiary/aromatic N) is 2. The molecule has 0 aliphatic heterocycles. The molecule has 0 heterocycles. The van der Waals surface area contributed by atoms with Gasteiger partial charge in [0.05, 0.1) is 20.1 Å². The molecular formula is C8H20N2O2. The predicted octanol–water partition coefficient (Wildman–Crippen LogP) is 0.405. The molecule has 12 heavy (non-hydrogen) atoms. The Bertz CT molecular complexity index is 101. The van der Waals surface area contributed by atoms with Gasteiger partial charge >= 0.3 is 0 Å². The van der Waals surface area contributed by atoms with E-state index in [0.717, 1.165) is 13.3 Å². The van der Waals surface area contributed by atoms with Gasteiger partial charge in [-0.2, -0.15) is 0 Å². The summed E-state index contributed by atoms with van der Waals surface area (Å²) in [6.45, 7) is 4.93. The third-order valence-corrected chi connectivity index (χ3v) is 1.35. The predicted molar refractivity (Wildman–Crippen MR) is 48.8 cm³/mol. The molecule has 0 aliphatic carbocycles. The Labute approximate surface area is 75.0 Å². The highest BCUT2D eigenvalue weighted by Gasteiger charge is 2.01. The lowest BCUT2D eigenvalue weighted by molar-refractivity contribution is -0.00548. The topological polar surface area (TPSA) is 24.9 Å². The summed E-state index contributed by atoms with van der Waals surface area (Å²) in [5, 5.41) is 0. The summed E-state index contributed by atoms with van der Waals surface area (Å²) in [5.74, 6) is 0. The number of hydrogen-bond acceptors (Lipinski definition) is 4. The normalized spacial score (nSPS) is 11.5. The quantitative estimate of drug-likeness (QED) is 0.524. The van der Waals surface area contributed by atoms with Crippen molar-refractivity contribution in [2.75, 3.05) is 47.9 Å². The monoisotopic (exact) mass is 176 g/mol. The first kappa shape index (κ1) is 11.8. The molecule has 4 nitrogen and oxygen atoms in total. The highest BCUT2D eigenvalue weighted by Crippen LogP contribution is 1.88. The molecule has 0 unspecified atom stereocenters. The molecule has 0 N–H and O–H groups in total. The van der Waals surface area contributed by atoms with Crippen molar-refractivity contribution in [3.05, 3.63) is 0 Å². The van der Waals surface area contributed by atoms with Crippen molar-refractivity contribution in [2.45, 2.75) is 6.92 Å². The van der Waals surface area contributed by atoms with Crippen LogP contribution in [0.2, 0.25) is 0 Å². The molecule has 0 spiro atoms. The fourth-order valence-corrected chi connectivity index (χ4v) is 0.961. The lowest BCUT2D eigenvalue weighted by Crippen LogP contribution is -2.35. The van der Waals surface area contributed by atoms with Crippen molar-refractivity contribution < 1.29 is 9.47 Å². The van der Waals surface area contributed by atoms with Crippen molar-refractivity contribution in [3.8, 4) is 0 Å². The zero-order valence-electron chi connectivity index (χ0n) is 8.54. The summed E-state index contributed by atoms with van der Waals surface area (Å²) in [4.78, 5) is 4.15. The molecule has 0 bridgehead atoms. The fourth-order valence-electron chi connectivity index (χ4n) is 0.961. The van der Waals surface area contributed by atoms with Crippen LogP contribution in [0.1, 0.15) is 6.92 Å². The van der Waals surface area contributed by atoms with Crippen LogP contribution in [0.5, 0.6) is 0 Å². The minimum atomic E-state index is 0.649. The maximum atomic E-state index is 5.23. The van der Waals surface area contributed by atoms with Crippen molar-refractivity contribution in [2.24, 2.45) is 0 Å². The second-order valence-electron chi connectivity index (χ2n) is 2.89. The number of methoxy groups -OCH3 is 1. The molecule has 0 aromatic carbocycles. The first-order valence-electron chi connectivity index (χ1n) is 4.14. The lowest BCUT2D eigenvalue weighted by Gasteiger charge is -2.23. The van der Waals surface area contributed by atoms with Crippen LogP contribution in [-0.2, 0) is 9.47 Å². The van der Waals surface area contributed by atoms with E-state index >= 15 is 0 Å². The molecule has 0 amide bonds. The van der Waals surface area contributed by atoms with Crippen LogP contribution in [0, 0.1) is 0 Å². The van der Waals surface area contributed by atoms with E-state index in [0.29, 0.717) is 13.5 Å². The fraction of sp³-hybridized carbons (Fsp3) is 1.00. The zero-order chi connectivity index (χ0) is 9.40. The molecule has 0 fully saturated rings. The second-order valence-corrected chi connectivity index (χ2v) is 2.89. The number of ether oxygens (including phenoxy) is 2. The van der Waals surface area contributed by atoms with Gasteiger partial charge in [0.2, 0.25) is 0 Å². The van der Waals surface area contributed by atoms with Gasteiger partial charge < -0.3 is 9.47 Å². The average Bonchev–Trinajstić information content (AvgIpc) is 2.01. The molecule has 0 aromatic heterocycles. The van der Waals surface area contributed by atoms with E-state index in [2.05, 4.69) is 9.80 Å². The van der Waals surface area contributed by atoms with E-state index in [1.165, 1.54) is 0 Å². The van der Waals surface area contributed by atoms with Gasteiger partial charge in [0.15, 0.2) is 0 Å². The smallest absolute Gasteiger partial charge is 0.0997 e. The Morgan fingerprint density at radius 1 is 1.08 bits per heavy atom. The summed E-state index contributed by atoms with van der Waals surface area (Å²) in [7, 11) is 5.72. The molecule has 0 saturated heterocycles. The van der Waals surface area contributed by atoms with Crippen molar-refractivity contribution in [1.29, 1.82) is 0 Å². The van der Waals surface area contributed by atoms with Gasteiger partial charge in [0.1, 0.15) is 0 Å². The van der Waals surface area contributed by atoms with Gasteiger partial charge in [0, 0.05) is 13.7 Å². The molecule has 0 saturated carbocycles. The van der Waals surface area contributed by atoms with Crippen LogP contribution in [0.25, 0.3) is 0 Å². The lowest BCUT2D eigenvalue weighted by atomic mass is 10.7. The molecule has 4 heteroatoms. The highest BCUT2D eigenvalue weighted by molar-refractivity contribution is 4.43. The van der Waals surface area contributed by atoms with E-state index in [1.807, 2.05) is 21.0 Å². The van der Waals surface area contributed by atoms with Gasteiger partial charge in [-0.3, -0.25) is 9.80 Å². The van der Waals surface area contributed by atoms with Crippen LogP contribution in [0.4, 0.5) is 0 Å². The molecule has 0 aromatic rings. The van der Waals surface area contributed by atoms with Gasteiger partial charge in [-0.25, -0.2) is 0 Å². The molecule has 0 radical (unpaired) electrons. The van der Waals surface area contributed by atoms with Crippen molar-refractivity contribution in [3.63, 3.8) is 0 Å². The van der Waals surface area contributed by atoms with Crippen molar-refractivity contribution in [1.82, 2.24) is 9.80 Å². The average molecular weight is 176 g/mol. The van der Waals surface area contributed by atoms with E-state index in [4.69, 9.17) is 9.47 Å². The third-order valence-electron chi connectivity index (χ3n) is 1.35. The summed E-state index contributed by atoms with van der Waals surface area (Å²) in [6, 6.07) is 0. The Morgan fingerprint density at radius 3 is 2.17 bits per heavy atom. The summed E-state index contributed by atoms with van der Waals surface area (Å²) in [6.07, 6.45) is 0. The molecule has 0 atom stereocenters. The Hall–Kier alpha value is -0.160. The zero-order valence-corrected chi connectivity index (χ0v) is 8.54. The van der Waals surface area contributed by atoms with Gasteiger partial charge in [0.25, 0.3) is 0 Å². The maximum Gasteiger partial charge on any atom is 0.0997 e. The van der Waals surface area contributed by atoms with Crippen LogP contribution in [0.15, 0.2) is 0 Å². The van der Waals surface area contributed by atoms with Crippen LogP contribution in [0.3, 0.4) is 0 Å². The van der Waals surface area contributed by atoms with Crippen LogP contribution in [-0.4, -0.2) is 57.7 Å². The minimum absolute atomic E-state index is 0.649. The number of rotatable bonds is 7. The number of hydrogen-bond donors (Lipinski definition) is 0. The largest absolute Gasteiger partial charge is 0.369 e. The van der Waals surface area contributed by atoms with Crippen LogP contribution >= 0.6 is 0 Å². The van der Waals surface area contributed by atoms with Gasteiger partial charge in [-0.15, -0.1) is 0 Å². The summed E-state index contributed by atoms with van der Waals surface area (Å²) >= 11 is 0. The molecule has 0 aliphatic rings. The first-order chi connectivity index (χ1) is 5.70.